The zero-order chi connectivity index (χ0) is 19.8. The summed E-state index contributed by atoms with van der Waals surface area (Å²) < 4.78 is 5.11. The predicted octanol–water partition coefficient (Wildman–Crippen LogP) is 3.10. The number of anilines is 1. The second kappa shape index (κ2) is 9.90. The highest BCUT2D eigenvalue weighted by Crippen LogP contribution is 2.18. The van der Waals surface area contributed by atoms with E-state index in [9.17, 15) is 9.59 Å². The van der Waals surface area contributed by atoms with Gasteiger partial charge in [0, 0.05) is 30.3 Å². The van der Waals surface area contributed by atoms with Crippen LogP contribution in [0.3, 0.4) is 0 Å². The third kappa shape index (κ3) is 6.39. The van der Waals surface area contributed by atoms with Gasteiger partial charge in [-0.2, -0.15) is 0 Å². The number of carbonyl (C=O) groups is 2. The van der Waals surface area contributed by atoms with Crippen LogP contribution in [0, 0.1) is 0 Å². The van der Waals surface area contributed by atoms with Crippen molar-refractivity contribution in [2.24, 2.45) is 0 Å². The monoisotopic (exact) mass is 381 g/mol. The van der Waals surface area contributed by atoms with Crippen molar-refractivity contribution >= 4 is 17.5 Å². The van der Waals surface area contributed by atoms with Crippen LogP contribution in [0.25, 0.3) is 0 Å². The fourth-order valence-electron chi connectivity index (χ4n) is 2.84. The first kappa shape index (κ1) is 19.9. The summed E-state index contributed by atoms with van der Waals surface area (Å²) in [5, 5.41) is 9.25. The summed E-state index contributed by atoms with van der Waals surface area (Å²) in [5.74, 6) is 0.705. The molecule has 2 amide bonds. The number of carbonyl (C=O) groups excluding carboxylic acids is 2. The lowest BCUT2D eigenvalue weighted by atomic mass is 10.1. The summed E-state index contributed by atoms with van der Waals surface area (Å²) in [5.41, 5.74) is 2.41. The highest BCUT2D eigenvalue weighted by Gasteiger charge is 2.22. The summed E-state index contributed by atoms with van der Waals surface area (Å²) in [6.07, 6.45) is 3.61. The van der Waals surface area contributed by atoms with Crippen molar-refractivity contribution in [2.75, 3.05) is 19.0 Å². The van der Waals surface area contributed by atoms with Crippen molar-refractivity contribution in [3.05, 3.63) is 59.7 Å². The van der Waals surface area contributed by atoms with Crippen molar-refractivity contribution in [2.45, 2.75) is 38.3 Å². The Morgan fingerprint density at radius 3 is 2.61 bits per heavy atom. The quantitative estimate of drug-likeness (QED) is 0.553. The van der Waals surface area contributed by atoms with Crippen molar-refractivity contribution in [1.82, 2.24) is 10.6 Å². The average molecular weight is 381 g/mol. The zero-order valence-electron chi connectivity index (χ0n) is 16.2. The van der Waals surface area contributed by atoms with Crippen LogP contribution in [0.5, 0.6) is 5.75 Å². The highest BCUT2D eigenvalue weighted by atomic mass is 16.5. The number of ether oxygens (including phenoxy) is 1. The molecule has 1 aliphatic carbocycles. The fraction of sp³-hybridized carbons (Fsp3) is 0.364. The summed E-state index contributed by atoms with van der Waals surface area (Å²) in [6.45, 7) is 1.47. The van der Waals surface area contributed by atoms with Gasteiger partial charge in [-0.25, -0.2) is 0 Å². The molecule has 2 aromatic rings. The Hall–Kier alpha value is -2.86. The van der Waals surface area contributed by atoms with E-state index >= 15 is 0 Å². The molecular weight excluding hydrogens is 354 g/mol. The van der Waals surface area contributed by atoms with E-state index in [1.165, 1.54) is 0 Å². The van der Waals surface area contributed by atoms with Crippen LogP contribution in [-0.2, 0) is 11.3 Å². The first-order valence-electron chi connectivity index (χ1n) is 9.68. The van der Waals surface area contributed by atoms with Gasteiger partial charge in [-0.05, 0) is 67.8 Å². The van der Waals surface area contributed by atoms with E-state index in [1.54, 1.807) is 31.4 Å². The van der Waals surface area contributed by atoms with Crippen LogP contribution in [0.2, 0.25) is 0 Å². The number of amides is 2. The largest absolute Gasteiger partial charge is 0.497 e. The molecule has 1 saturated carbocycles. The third-order valence-corrected chi connectivity index (χ3v) is 4.57. The number of rotatable bonds is 10. The molecular formula is C22H27N3O3. The van der Waals surface area contributed by atoms with Gasteiger partial charge in [0.1, 0.15) is 5.75 Å². The Balaban J connectivity index is 1.41. The van der Waals surface area contributed by atoms with E-state index in [2.05, 4.69) is 16.0 Å². The SMILES string of the molecule is COc1ccc(C(=O)Nc2cccc(CNCCCC(=O)NC3CC3)c2)cc1. The van der Waals surface area contributed by atoms with Gasteiger partial charge in [0.2, 0.25) is 5.91 Å². The first-order valence-corrected chi connectivity index (χ1v) is 9.68. The molecule has 0 saturated heterocycles. The van der Waals surface area contributed by atoms with E-state index in [-0.39, 0.29) is 11.8 Å². The van der Waals surface area contributed by atoms with Crippen LogP contribution >= 0.6 is 0 Å². The standard InChI is InChI=1S/C22H27N3O3/c1-28-20-11-7-17(8-12-20)22(27)25-19-5-2-4-16(14-19)15-23-13-3-6-21(26)24-18-9-10-18/h2,4-5,7-8,11-12,14,18,23H,3,6,9-10,13,15H2,1H3,(H,24,26)(H,25,27). The van der Waals surface area contributed by atoms with E-state index < -0.39 is 0 Å². The second-order valence-corrected chi connectivity index (χ2v) is 7.01. The van der Waals surface area contributed by atoms with E-state index in [0.717, 1.165) is 42.8 Å². The maximum Gasteiger partial charge on any atom is 0.255 e. The minimum atomic E-state index is -0.158. The van der Waals surface area contributed by atoms with Crippen molar-refractivity contribution in [3.8, 4) is 5.75 Å². The Labute approximate surface area is 165 Å². The molecule has 6 nitrogen and oxygen atoms in total. The molecule has 28 heavy (non-hydrogen) atoms. The molecule has 0 radical (unpaired) electrons. The van der Waals surface area contributed by atoms with Gasteiger partial charge < -0.3 is 20.7 Å². The molecule has 0 aromatic heterocycles. The van der Waals surface area contributed by atoms with Gasteiger partial charge in [0.25, 0.3) is 5.91 Å². The Morgan fingerprint density at radius 1 is 1.11 bits per heavy atom. The molecule has 1 fully saturated rings. The highest BCUT2D eigenvalue weighted by molar-refractivity contribution is 6.04. The topological polar surface area (TPSA) is 79.5 Å². The summed E-state index contributed by atoms with van der Waals surface area (Å²) in [6, 6.07) is 15.2. The van der Waals surface area contributed by atoms with E-state index in [1.807, 2.05) is 24.3 Å². The molecule has 2 aromatic carbocycles. The fourth-order valence-corrected chi connectivity index (χ4v) is 2.84. The van der Waals surface area contributed by atoms with Crippen LogP contribution in [0.4, 0.5) is 5.69 Å². The number of nitrogens with one attached hydrogen (secondary N) is 3. The Kier molecular flexibility index (Phi) is 7.03. The molecule has 0 spiro atoms. The maximum absolute atomic E-state index is 12.4. The zero-order valence-corrected chi connectivity index (χ0v) is 16.2. The first-order chi connectivity index (χ1) is 13.6. The number of methoxy groups -OCH3 is 1. The molecule has 3 N–H and O–H groups in total. The van der Waals surface area contributed by atoms with Crippen LogP contribution in [0.1, 0.15) is 41.6 Å². The van der Waals surface area contributed by atoms with Crippen LogP contribution < -0.4 is 20.7 Å². The van der Waals surface area contributed by atoms with Gasteiger partial charge in [-0.3, -0.25) is 9.59 Å². The van der Waals surface area contributed by atoms with Gasteiger partial charge >= 0.3 is 0 Å². The molecule has 0 unspecified atom stereocenters. The normalized spacial score (nSPS) is 13.0. The second-order valence-electron chi connectivity index (χ2n) is 7.01. The molecule has 0 aliphatic heterocycles. The lowest BCUT2D eigenvalue weighted by molar-refractivity contribution is -0.121. The Morgan fingerprint density at radius 2 is 1.89 bits per heavy atom. The lowest BCUT2D eigenvalue weighted by Gasteiger charge is -2.09. The summed E-state index contributed by atoms with van der Waals surface area (Å²) in [4.78, 5) is 24.0. The molecule has 0 bridgehead atoms. The van der Waals surface area contributed by atoms with Crippen LogP contribution in [-0.4, -0.2) is 31.5 Å². The van der Waals surface area contributed by atoms with E-state index in [0.29, 0.717) is 24.6 Å². The lowest BCUT2D eigenvalue weighted by Crippen LogP contribution is -2.26. The average Bonchev–Trinajstić information content (AvgIpc) is 3.52. The molecule has 0 atom stereocenters. The number of hydrogen-bond acceptors (Lipinski definition) is 4. The Bertz CT molecular complexity index is 801. The number of hydrogen-bond donors (Lipinski definition) is 3. The molecule has 0 heterocycles. The predicted molar refractivity (Wildman–Crippen MR) is 109 cm³/mol. The molecule has 1 aliphatic rings. The van der Waals surface area contributed by atoms with Gasteiger partial charge in [-0.1, -0.05) is 12.1 Å². The van der Waals surface area contributed by atoms with Gasteiger partial charge in [0.05, 0.1) is 7.11 Å². The van der Waals surface area contributed by atoms with Crippen molar-refractivity contribution < 1.29 is 14.3 Å². The van der Waals surface area contributed by atoms with Crippen molar-refractivity contribution in [1.29, 1.82) is 0 Å². The summed E-state index contributed by atoms with van der Waals surface area (Å²) >= 11 is 0. The molecule has 148 valence electrons. The van der Waals surface area contributed by atoms with Crippen molar-refractivity contribution in [3.63, 3.8) is 0 Å². The number of benzene rings is 2. The minimum absolute atomic E-state index is 0.146. The smallest absolute Gasteiger partial charge is 0.255 e. The van der Waals surface area contributed by atoms with Gasteiger partial charge in [-0.15, -0.1) is 0 Å². The minimum Gasteiger partial charge on any atom is -0.497 e. The molecule has 3 rings (SSSR count). The molecule has 6 heteroatoms. The van der Waals surface area contributed by atoms with Gasteiger partial charge in [0.15, 0.2) is 0 Å². The third-order valence-electron chi connectivity index (χ3n) is 4.57. The summed E-state index contributed by atoms with van der Waals surface area (Å²) in [7, 11) is 1.59. The van der Waals surface area contributed by atoms with E-state index in [4.69, 9.17) is 4.74 Å². The maximum atomic E-state index is 12.4. The van der Waals surface area contributed by atoms with Crippen LogP contribution in [0.15, 0.2) is 48.5 Å².